The van der Waals surface area contributed by atoms with Gasteiger partial charge in [0.05, 0.1) is 13.3 Å². The molecule has 1 aromatic heterocycles. The lowest BCUT2D eigenvalue weighted by Gasteiger charge is -2.09. The largest absolute Gasteiger partial charge is 0.497 e. The number of ether oxygens (including phenoxy) is 1. The van der Waals surface area contributed by atoms with Gasteiger partial charge in [-0.05, 0) is 30.7 Å². The summed E-state index contributed by atoms with van der Waals surface area (Å²) in [4.78, 5) is 0. The number of nitrogens with zero attached hydrogens (tertiary/aromatic N) is 2. The monoisotopic (exact) mass is 231 g/mol. The number of methoxy groups -OCH3 is 1. The van der Waals surface area contributed by atoms with Crippen molar-refractivity contribution in [3.8, 4) is 5.75 Å². The van der Waals surface area contributed by atoms with Gasteiger partial charge in [-0.2, -0.15) is 5.10 Å². The molecule has 0 aliphatic heterocycles. The highest BCUT2D eigenvalue weighted by atomic mass is 16.5. The number of rotatable bonds is 4. The van der Waals surface area contributed by atoms with Gasteiger partial charge in [0, 0.05) is 31.0 Å². The summed E-state index contributed by atoms with van der Waals surface area (Å²) in [5.41, 5.74) is 3.46. The molecule has 0 aliphatic rings. The number of aryl methyl sites for hydroxylation is 2. The molecule has 17 heavy (non-hydrogen) atoms. The van der Waals surface area contributed by atoms with Crippen molar-refractivity contribution in [2.24, 2.45) is 7.05 Å². The highest BCUT2D eigenvalue weighted by Crippen LogP contribution is 2.21. The second-order valence-electron chi connectivity index (χ2n) is 4.06. The first kappa shape index (κ1) is 11.5. The van der Waals surface area contributed by atoms with Crippen LogP contribution in [0.25, 0.3) is 0 Å². The molecule has 0 saturated heterocycles. The summed E-state index contributed by atoms with van der Waals surface area (Å²) in [5, 5.41) is 7.52. The van der Waals surface area contributed by atoms with E-state index in [2.05, 4.69) is 17.3 Å². The predicted octanol–water partition coefficient (Wildman–Crippen LogP) is 2.35. The van der Waals surface area contributed by atoms with Gasteiger partial charge in [-0.25, -0.2) is 0 Å². The number of nitrogens with one attached hydrogen (secondary N) is 1. The molecule has 0 radical (unpaired) electrons. The Morgan fingerprint density at radius 3 is 2.82 bits per heavy atom. The standard InChI is InChI=1S/C13H17N3O/c1-10-6-12(17-3)4-5-13(10)14-7-11-8-15-16(2)9-11/h4-6,8-9,14H,7H2,1-3H3. The van der Waals surface area contributed by atoms with E-state index < -0.39 is 0 Å². The molecule has 0 atom stereocenters. The smallest absolute Gasteiger partial charge is 0.119 e. The molecule has 0 aliphatic carbocycles. The van der Waals surface area contributed by atoms with Crippen molar-refractivity contribution < 1.29 is 4.74 Å². The van der Waals surface area contributed by atoms with Crippen molar-refractivity contribution in [3.63, 3.8) is 0 Å². The average Bonchev–Trinajstić information content (AvgIpc) is 2.73. The van der Waals surface area contributed by atoms with Crippen LogP contribution >= 0.6 is 0 Å². The van der Waals surface area contributed by atoms with Crippen LogP contribution in [0.2, 0.25) is 0 Å². The maximum atomic E-state index is 5.18. The Morgan fingerprint density at radius 2 is 2.24 bits per heavy atom. The fourth-order valence-electron chi connectivity index (χ4n) is 1.72. The summed E-state index contributed by atoms with van der Waals surface area (Å²) in [6, 6.07) is 6.01. The first-order valence-corrected chi connectivity index (χ1v) is 5.55. The minimum atomic E-state index is 0.779. The van der Waals surface area contributed by atoms with Gasteiger partial charge in [0.2, 0.25) is 0 Å². The van der Waals surface area contributed by atoms with Crippen molar-refractivity contribution in [1.82, 2.24) is 9.78 Å². The maximum Gasteiger partial charge on any atom is 0.119 e. The van der Waals surface area contributed by atoms with Crippen LogP contribution in [-0.4, -0.2) is 16.9 Å². The van der Waals surface area contributed by atoms with Gasteiger partial charge in [0.15, 0.2) is 0 Å². The zero-order valence-corrected chi connectivity index (χ0v) is 10.4. The molecule has 0 spiro atoms. The van der Waals surface area contributed by atoms with E-state index in [0.29, 0.717) is 0 Å². The summed E-state index contributed by atoms with van der Waals surface area (Å²) >= 11 is 0. The van der Waals surface area contributed by atoms with Crippen molar-refractivity contribution in [1.29, 1.82) is 0 Å². The first-order valence-electron chi connectivity index (χ1n) is 5.55. The fraction of sp³-hybridized carbons (Fsp3) is 0.308. The molecule has 0 fully saturated rings. The van der Waals surface area contributed by atoms with Crippen LogP contribution in [0.5, 0.6) is 5.75 Å². The summed E-state index contributed by atoms with van der Waals surface area (Å²) in [5.74, 6) is 0.884. The third kappa shape index (κ3) is 2.78. The van der Waals surface area contributed by atoms with Crippen LogP contribution in [0.4, 0.5) is 5.69 Å². The lowest BCUT2D eigenvalue weighted by Crippen LogP contribution is -2.00. The van der Waals surface area contributed by atoms with Crippen molar-refractivity contribution in [2.75, 3.05) is 12.4 Å². The molecule has 2 rings (SSSR count). The van der Waals surface area contributed by atoms with Gasteiger partial charge < -0.3 is 10.1 Å². The van der Waals surface area contributed by atoms with E-state index in [1.165, 1.54) is 11.1 Å². The average molecular weight is 231 g/mol. The zero-order chi connectivity index (χ0) is 12.3. The molecular weight excluding hydrogens is 214 g/mol. The molecule has 0 unspecified atom stereocenters. The molecule has 0 amide bonds. The highest BCUT2D eigenvalue weighted by molar-refractivity contribution is 5.53. The van der Waals surface area contributed by atoms with E-state index in [0.717, 1.165) is 18.0 Å². The third-order valence-corrected chi connectivity index (χ3v) is 2.67. The van der Waals surface area contributed by atoms with Crippen LogP contribution in [0.1, 0.15) is 11.1 Å². The lowest BCUT2D eigenvalue weighted by molar-refractivity contribution is 0.414. The van der Waals surface area contributed by atoms with Crippen molar-refractivity contribution >= 4 is 5.69 Å². The Bertz CT molecular complexity index is 505. The van der Waals surface area contributed by atoms with Gasteiger partial charge in [-0.3, -0.25) is 4.68 Å². The zero-order valence-electron chi connectivity index (χ0n) is 10.4. The lowest BCUT2D eigenvalue weighted by atomic mass is 10.2. The van der Waals surface area contributed by atoms with Crippen LogP contribution in [0.3, 0.4) is 0 Å². The quantitative estimate of drug-likeness (QED) is 0.878. The van der Waals surface area contributed by atoms with Crippen molar-refractivity contribution in [2.45, 2.75) is 13.5 Å². The fourth-order valence-corrected chi connectivity index (χ4v) is 1.72. The second kappa shape index (κ2) is 4.91. The number of hydrogen-bond acceptors (Lipinski definition) is 3. The number of aromatic nitrogens is 2. The van der Waals surface area contributed by atoms with E-state index in [1.807, 2.05) is 37.6 Å². The second-order valence-corrected chi connectivity index (χ2v) is 4.06. The minimum absolute atomic E-state index is 0.779. The first-order chi connectivity index (χ1) is 8.19. The Balaban J connectivity index is 2.04. The molecule has 0 bridgehead atoms. The van der Waals surface area contributed by atoms with Crippen LogP contribution in [-0.2, 0) is 13.6 Å². The summed E-state index contributed by atoms with van der Waals surface area (Å²) in [6.07, 6.45) is 3.87. The molecule has 2 aromatic rings. The van der Waals surface area contributed by atoms with E-state index in [4.69, 9.17) is 4.74 Å². The topological polar surface area (TPSA) is 39.1 Å². The van der Waals surface area contributed by atoms with Gasteiger partial charge in [0.25, 0.3) is 0 Å². The molecule has 90 valence electrons. The Labute approximate surface area is 101 Å². The number of benzene rings is 1. The molecule has 1 heterocycles. The van der Waals surface area contributed by atoms with Crippen LogP contribution in [0.15, 0.2) is 30.6 Å². The van der Waals surface area contributed by atoms with Crippen molar-refractivity contribution in [3.05, 3.63) is 41.7 Å². The summed E-state index contributed by atoms with van der Waals surface area (Å²) in [7, 11) is 3.60. The molecule has 0 saturated carbocycles. The normalized spacial score (nSPS) is 10.3. The number of anilines is 1. The molecule has 4 heteroatoms. The van der Waals surface area contributed by atoms with E-state index >= 15 is 0 Å². The Morgan fingerprint density at radius 1 is 1.41 bits per heavy atom. The van der Waals surface area contributed by atoms with Crippen LogP contribution in [0, 0.1) is 6.92 Å². The molecule has 1 N–H and O–H groups in total. The van der Waals surface area contributed by atoms with E-state index in [9.17, 15) is 0 Å². The van der Waals surface area contributed by atoms with E-state index in [1.54, 1.807) is 11.8 Å². The molecule has 1 aromatic carbocycles. The maximum absolute atomic E-state index is 5.18. The van der Waals surface area contributed by atoms with Gasteiger partial charge in [-0.15, -0.1) is 0 Å². The summed E-state index contributed by atoms with van der Waals surface area (Å²) in [6.45, 7) is 2.84. The third-order valence-electron chi connectivity index (χ3n) is 2.67. The predicted molar refractivity (Wildman–Crippen MR) is 68.3 cm³/mol. The molecular formula is C13H17N3O. The minimum Gasteiger partial charge on any atom is -0.497 e. The van der Waals surface area contributed by atoms with Crippen LogP contribution < -0.4 is 10.1 Å². The highest BCUT2D eigenvalue weighted by Gasteiger charge is 2.01. The SMILES string of the molecule is COc1ccc(NCc2cnn(C)c2)c(C)c1. The van der Waals surface area contributed by atoms with Gasteiger partial charge in [-0.1, -0.05) is 0 Å². The number of hydrogen-bond donors (Lipinski definition) is 1. The molecule has 4 nitrogen and oxygen atoms in total. The van der Waals surface area contributed by atoms with E-state index in [-0.39, 0.29) is 0 Å². The summed E-state index contributed by atoms with van der Waals surface area (Å²) < 4.78 is 6.98. The Kier molecular flexibility index (Phi) is 3.32. The Hall–Kier alpha value is -1.97. The van der Waals surface area contributed by atoms with Gasteiger partial charge in [0.1, 0.15) is 5.75 Å². The van der Waals surface area contributed by atoms with Gasteiger partial charge >= 0.3 is 0 Å².